The molecule has 1 amide bonds. The highest BCUT2D eigenvalue weighted by Gasteiger charge is 2.22. The van der Waals surface area contributed by atoms with E-state index >= 15 is 0 Å². The molecule has 3 rings (SSSR count). The number of nitrogens with zero attached hydrogens (tertiary/aromatic N) is 1. The third-order valence-corrected chi connectivity index (χ3v) is 5.51. The van der Waals surface area contributed by atoms with Gasteiger partial charge in [0.1, 0.15) is 0 Å². The van der Waals surface area contributed by atoms with Gasteiger partial charge in [0.15, 0.2) is 0 Å². The van der Waals surface area contributed by atoms with E-state index in [9.17, 15) is 4.79 Å². The lowest BCUT2D eigenvalue weighted by Gasteiger charge is -2.26. The van der Waals surface area contributed by atoms with Gasteiger partial charge in [0.2, 0.25) is 5.91 Å². The van der Waals surface area contributed by atoms with Crippen molar-refractivity contribution in [1.29, 1.82) is 0 Å². The highest BCUT2D eigenvalue weighted by atomic mass is 32.1. The summed E-state index contributed by atoms with van der Waals surface area (Å²) in [5.41, 5.74) is 1.44. The van der Waals surface area contributed by atoms with E-state index in [0.29, 0.717) is 12.6 Å². The molecule has 1 aromatic rings. The molecule has 1 unspecified atom stereocenters. The van der Waals surface area contributed by atoms with Crippen LogP contribution >= 0.6 is 11.3 Å². The Kier molecular flexibility index (Phi) is 4.73. The average Bonchev–Trinajstić information content (AvgIpc) is 2.79. The van der Waals surface area contributed by atoms with Crippen molar-refractivity contribution in [3.05, 3.63) is 21.9 Å². The van der Waals surface area contributed by atoms with Crippen molar-refractivity contribution >= 4 is 17.2 Å². The Bertz CT molecular complexity index is 449. The molecule has 1 aromatic heterocycles. The second kappa shape index (κ2) is 6.72. The molecule has 110 valence electrons. The maximum Gasteiger partial charge on any atom is 0.236 e. The molecule has 2 heterocycles. The van der Waals surface area contributed by atoms with Crippen LogP contribution in [-0.2, 0) is 11.2 Å². The topological polar surface area (TPSA) is 32.3 Å². The van der Waals surface area contributed by atoms with Gasteiger partial charge < -0.3 is 10.2 Å². The van der Waals surface area contributed by atoms with Crippen LogP contribution in [0.4, 0.5) is 0 Å². The van der Waals surface area contributed by atoms with Crippen molar-refractivity contribution in [2.75, 3.05) is 19.6 Å². The molecule has 0 saturated carbocycles. The number of hydrogen-bond acceptors (Lipinski definition) is 3. The highest BCUT2D eigenvalue weighted by molar-refractivity contribution is 7.10. The number of thiophene rings is 1. The molecule has 1 N–H and O–H groups in total. The first-order valence-corrected chi connectivity index (χ1v) is 8.80. The minimum atomic E-state index is 0.286. The number of amides is 1. The third kappa shape index (κ3) is 3.23. The van der Waals surface area contributed by atoms with Gasteiger partial charge in [-0.05, 0) is 49.1 Å². The van der Waals surface area contributed by atoms with Crippen LogP contribution in [0.1, 0.15) is 55.0 Å². The molecular formula is C16H24N2OS. The van der Waals surface area contributed by atoms with E-state index in [1.807, 2.05) is 11.3 Å². The Hall–Kier alpha value is -0.870. The molecular weight excluding hydrogens is 268 g/mol. The van der Waals surface area contributed by atoms with Crippen molar-refractivity contribution in [3.8, 4) is 0 Å². The maximum absolute atomic E-state index is 12.3. The highest BCUT2D eigenvalue weighted by Crippen LogP contribution is 2.33. The first-order chi connectivity index (χ1) is 9.84. The predicted octanol–water partition coefficient (Wildman–Crippen LogP) is 3.12. The molecule has 0 radical (unpaired) electrons. The van der Waals surface area contributed by atoms with Gasteiger partial charge in [-0.3, -0.25) is 4.79 Å². The smallest absolute Gasteiger partial charge is 0.236 e. The Morgan fingerprint density at radius 2 is 2.05 bits per heavy atom. The lowest BCUT2D eigenvalue weighted by Crippen LogP contribution is -2.40. The molecule has 2 aliphatic rings. The molecule has 4 heteroatoms. The van der Waals surface area contributed by atoms with Gasteiger partial charge in [-0.1, -0.05) is 12.8 Å². The number of rotatable bonds is 3. The maximum atomic E-state index is 12.3. The van der Waals surface area contributed by atoms with E-state index in [0.717, 1.165) is 19.5 Å². The van der Waals surface area contributed by atoms with Crippen molar-refractivity contribution in [2.24, 2.45) is 0 Å². The van der Waals surface area contributed by atoms with Crippen molar-refractivity contribution in [3.63, 3.8) is 0 Å². The number of likely N-dealkylation sites (tertiary alicyclic amines) is 1. The molecule has 1 atom stereocenters. The molecule has 20 heavy (non-hydrogen) atoms. The van der Waals surface area contributed by atoms with Crippen LogP contribution in [0.5, 0.6) is 0 Å². The van der Waals surface area contributed by atoms with Crippen molar-refractivity contribution < 1.29 is 4.79 Å². The summed E-state index contributed by atoms with van der Waals surface area (Å²) in [4.78, 5) is 15.9. The van der Waals surface area contributed by atoms with E-state index in [1.165, 1.54) is 49.0 Å². The summed E-state index contributed by atoms with van der Waals surface area (Å²) in [6.07, 6.45) is 8.51. The lowest BCUT2D eigenvalue weighted by atomic mass is 9.94. The lowest BCUT2D eigenvalue weighted by molar-refractivity contribution is -0.130. The number of nitrogens with one attached hydrogen (secondary N) is 1. The number of aryl methyl sites for hydroxylation is 1. The monoisotopic (exact) mass is 292 g/mol. The zero-order chi connectivity index (χ0) is 13.8. The fraction of sp³-hybridized carbons (Fsp3) is 0.688. The first-order valence-electron chi connectivity index (χ1n) is 7.92. The normalized spacial score (nSPS) is 23.2. The van der Waals surface area contributed by atoms with Crippen LogP contribution < -0.4 is 5.32 Å². The summed E-state index contributed by atoms with van der Waals surface area (Å²) >= 11 is 1.86. The predicted molar refractivity (Wildman–Crippen MR) is 83.0 cm³/mol. The molecule has 3 nitrogen and oxygen atoms in total. The second-order valence-electron chi connectivity index (χ2n) is 5.92. The molecule has 0 spiro atoms. The van der Waals surface area contributed by atoms with Gasteiger partial charge in [0.25, 0.3) is 0 Å². The Balaban J connectivity index is 1.53. The van der Waals surface area contributed by atoms with Crippen LogP contribution in [0, 0.1) is 0 Å². The van der Waals surface area contributed by atoms with Gasteiger partial charge in [-0.15, -0.1) is 11.3 Å². The van der Waals surface area contributed by atoms with Crippen LogP contribution in [0.3, 0.4) is 0 Å². The summed E-state index contributed by atoms with van der Waals surface area (Å²) in [5, 5.41) is 5.68. The molecule has 1 saturated heterocycles. The summed E-state index contributed by atoms with van der Waals surface area (Å²) < 4.78 is 0. The van der Waals surface area contributed by atoms with E-state index < -0.39 is 0 Å². The molecule has 1 aliphatic heterocycles. The third-order valence-electron chi connectivity index (χ3n) is 4.51. The summed E-state index contributed by atoms with van der Waals surface area (Å²) in [6.45, 7) is 2.41. The minimum absolute atomic E-state index is 0.286. The Labute approximate surface area is 125 Å². The SMILES string of the molecule is O=C(CNC1CCCc2sccc21)N1CCCCCC1. The fourth-order valence-electron chi connectivity index (χ4n) is 3.34. The quantitative estimate of drug-likeness (QED) is 0.928. The van der Waals surface area contributed by atoms with E-state index in [4.69, 9.17) is 0 Å². The zero-order valence-corrected chi connectivity index (χ0v) is 12.9. The summed E-state index contributed by atoms with van der Waals surface area (Å²) in [6, 6.07) is 2.62. The Morgan fingerprint density at radius 1 is 1.25 bits per heavy atom. The first kappa shape index (κ1) is 14.1. The number of carbonyl (C=O) groups excluding carboxylic acids is 1. The van der Waals surface area contributed by atoms with Crippen LogP contribution in [0.2, 0.25) is 0 Å². The van der Waals surface area contributed by atoms with E-state index in [1.54, 1.807) is 0 Å². The second-order valence-corrected chi connectivity index (χ2v) is 6.92. The largest absolute Gasteiger partial charge is 0.342 e. The van der Waals surface area contributed by atoms with Crippen LogP contribution in [0.25, 0.3) is 0 Å². The van der Waals surface area contributed by atoms with Gasteiger partial charge in [-0.2, -0.15) is 0 Å². The summed E-state index contributed by atoms with van der Waals surface area (Å²) in [5.74, 6) is 0.286. The standard InChI is InChI=1S/C16H24N2OS/c19-16(18-9-3-1-2-4-10-18)12-17-14-6-5-7-15-13(14)8-11-20-15/h8,11,14,17H,1-7,9-10,12H2. The summed E-state index contributed by atoms with van der Waals surface area (Å²) in [7, 11) is 0. The Morgan fingerprint density at radius 3 is 2.85 bits per heavy atom. The van der Waals surface area contributed by atoms with Crippen LogP contribution in [-0.4, -0.2) is 30.4 Å². The molecule has 1 aliphatic carbocycles. The number of fused-ring (bicyclic) bond motifs is 1. The van der Waals surface area contributed by atoms with Gasteiger partial charge in [-0.25, -0.2) is 0 Å². The van der Waals surface area contributed by atoms with Crippen molar-refractivity contribution in [2.45, 2.75) is 51.0 Å². The molecule has 0 bridgehead atoms. The van der Waals surface area contributed by atoms with Gasteiger partial charge in [0.05, 0.1) is 6.54 Å². The van der Waals surface area contributed by atoms with E-state index in [-0.39, 0.29) is 5.91 Å². The number of hydrogen-bond donors (Lipinski definition) is 1. The van der Waals surface area contributed by atoms with Crippen LogP contribution in [0.15, 0.2) is 11.4 Å². The van der Waals surface area contributed by atoms with Gasteiger partial charge in [0, 0.05) is 24.0 Å². The minimum Gasteiger partial charge on any atom is -0.342 e. The molecule has 1 fully saturated rings. The van der Waals surface area contributed by atoms with Crippen molar-refractivity contribution in [1.82, 2.24) is 10.2 Å². The zero-order valence-electron chi connectivity index (χ0n) is 12.1. The number of carbonyl (C=O) groups is 1. The average molecular weight is 292 g/mol. The van der Waals surface area contributed by atoms with E-state index in [2.05, 4.69) is 21.7 Å². The van der Waals surface area contributed by atoms with Gasteiger partial charge >= 0.3 is 0 Å². The fourth-order valence-corrected chi connectivity index (χ4v) is 4.33. The molecule has 0 aromatic carbocycles.